The van der Waals surface area contributed by atoms with Gasteiger partial charge in [-0.25, -0.2) is 0 Å². The van der Waals surface area contributed by atoms with Gasteiger partial charge in [0.15, 0.2) is 0 Å². The fraction of sp³-hybridized carbons (Fsp3) is 0.750. The first-order valence-electron chi connectivity index (χ1n) is 3.53. The van der Waals surface area contributed by atoms with Gasteiger partial charge in [0.1, 0.15) is 0 Å². The highest BCUT2D eigenvalue weighted by Gasteiger charge is 1.92. The minimum atomic E-state index is 1.12. The van der Waals surface area contributed by atoms with Gasteiger partial charge in [0.05, 0.1) is 0 Å². The number of hydrogen-bond acceptors (Lipinski definition) is 3. The lowest BCUT2D eigenvalue weighted by molar-refractivity contribution is 1.44. The molecule has 0 aliphatic carbocycles. The van der Waals surface area contributed by atoms with E-state index in [-0.39, 0.29) is 0 Å². The molecule has 0 saturated carbocycles. The molecule has 0 fully saturated rings. The molecule has 0 aromatic carbocycles. The highest BCUT2D eigenvalue weighted by atomic mass is 32.2. The number of hydrogen-bond donors (Lipinski definition) is 0. The maximum absolute atomic E-state index is 3.99. The van der Waals surface area contributed by atoms with Gasteiger partial charge in [0, 0.05) is 23.0 Å². The molecule has 0 N–H and O–H groups in total. The van der Waals surface area contributed by atoms with Crippen LogP contribution >= 0.6 is 35.3 Å². The van der Waals surface area contributed by atoms with Gasteiger partial charge in [-0.2, -0.15) is 35.3 Å². The van der Waals surface area contributed by atoms with Crippen molar-refractivity contribution in [3.63, 3.8) is 0 Å². The van der Waals surface area contributed by atoms with E-state index in [4.69, 9.17) is 0 Å². The second-order valence-corrected chi connectivity index (χ2v) is 5.19. The standard InChI is InChI=1S/C8H16S3/c1-8(6-10-3)7-11-5-4-9-2/h1,4-7H2,2-3H3. The molecule has 0 nitrogen and oxygen atoms in total. The zero-order valence-electron chi connectivity index (χ0n) is 7.26. The van der Waals surface area contributed by atoms with Crippen molar-refractivity contribution in [3.05, 3.63) is 12.2 Å². The quantitative estimate of drug-likeness (QED) is 0.466. The SMILES string of the molecule is C=C(CSC)CSCCSC. The van der Waals surface area contributed by atoms with E-state index >= 15 is 0 Å². The molecule has 0 amide bonds. The minimum Gasteiger partial charge on any atom is -0.165 e. The number of rotatable bonds is 7. The topological polar surface area (TPSA) is 0 Å². The van der Waals surface area contributed by atoms with Gasteiger partial charge in [0.2, 0.25) is 0 Å². The first-order valence-corrected chi connectivity index (χ1v) is 7.47. The van der Waals surface area contributed by atoms with Crippen molar-refractivity contribution < 1.29 is 0 Å². The zero-order valence-corrected chi connectivity index (χ0v) is 9.71. The summed E-state index contributed by atoms with van der Waals surface area (Å²) in [6, 6.07) is 0. The molecule has 0 spiro atoms. The summed E-state index contributed by atoms with van der Waals surface area (Å²) in [4.78, 5) is 0. The Hall–Kier alpha value is 0.790. The van der Waals surface area contributed by atoms with Gasteiger partial charge in [-0.05, 0) is 12.5 Å². The van der Waals surface area contributed by atoms with Crippen LogP contribution in [0.5, 0.6) is 0 Å². The highest BCUT2D eigenvalue weighted by molar-refractivity contribution is 8.02. The molecular weight excluding hydrogens is 192 g/mol. The molecule has 0 unspecified atom stereocenters. The Bertz CT molecular complexity index is 102. The van der Waals surface area contributed by atoms with Crippen molar-refractivity contribution >= 4 is 35.3 Å². The summed E-state index contributed by atoms with van der Waals surface area (Å²) in [6.07, 6.45) is 4.27. The summed E-state index contributed by atoms with van der Waals surface area (Å²) in [5.41, 5.74) is 1.36. The molecule has 0 aliphatic heterocycles. The van der Waals surface area contributed by atoms with E-state index in [9.17, 15) is 0 Å². The van der Waals surface area contributed by atoms with Gasteiger partial charge < -0.3 is 0 Å². The maximum Gasteiger partial charge on any atom is 0.0149 e. The second-order valence-electron chi connectivity index (χ2n) is 2.23. The summed E-state index contributed by atoms with van der Waals surface area (Å²) in [5.74, 6) is 4.78. The van der Waals surface area contributed by atoms with Crippen molar-refractivity contribution in [2.45, 2.75) is 0 Å². The van der Waals surface area contributed by atoms with Crippen LogP contribution in [0.2, 0.25) is 0 Å². The Morgan fingerprint density at radius 2 is 1.82 bits per heavy atom. The van der Waals surface area contributed by atoms with Crippen molar-refractivity contribution in [3.8, 4) is 0 Å². The Labute approximate surface area is 83.0 Å². The van der Waals surface area contributed by atoms with Crippen LogP contribution in [0, 0.1) is 0 Å². The Balaban J connectivity index is 3.04. The van der Waals surface area contributed by atoms with Crippen LogP contribution in [0.4, 0.5) is 0 Å². The average Bonchev–Trinajstić information content (AvgIpc) is 1.99. The monoisotopic (exact) mass is 208 g/mol. The molecule has 0 saturated heterocycles. The van der Waals surface area contributed by atoms with Crippen molar-refractivity contribution in [1.29, 1.82) is 0 Å². The van der Waals surface area contributed by atoms with Crippen molar-refractivity contribution in [2.24, 2.45) is 0 Å². The number of thioether (sulfide) groups is 3. The molecule has 0 heterocycles. The van der Waals surface area contributed by atoms with Crippen LogP contribution in [0.15, 0.2) is 12.2 Å². The largest absolute Gasteiger partial charge is 0.165 e. The molecule has 11 heavy (non-hydrogen) atoms. The van der Waals surface area contributed by atoms with Crippen molar-refractivity contribution in [2.75, 3.05) is 35.5 Å². The van der Waals surface area contributed by atoms with Crippen LogP contribution in [0.3, 0.4) is 0 Å². The first-order chi connectivity index (χ1) is 5.31. The lowest BCUT2D eigenvalue weighted by Crippen LogP contribution is -1.91. The summed E-state index contributed by atoms with van der Waals surface area (Å²) < 4.78 is 0. The summed E-state index contributed by atoms with van der Waals surface area (Å²) in [6.45, 7) is 3.99. The van der Waals surface area contributed by atoms with E-state index in [0.29, 0.717) is 0 Å². The third-order valence-corrected chi connectivity index (χ3v) is 3.76. The summed E-state index contributed by atoms with van der Waals surface area (Å²) >= 11 is 5.76. The Morgan fingerprint density at radius 1 is 1.09 bits per heavy atom. The molecule has 0 atom stereocenters. The molecule has 0 aromatic rings. The maximum atomic E-state index is 3.99. The van der Waals surface area contributed by atoms with Crippen LogP contribution in [-0.2, 0) is 0 Å². The van der Waals surface area contributed by atoms with E-state index in [1.54, 1.807) is 0 Å². The van der Waals surface area contributed by atoms with Crippen LogP contribution in [0.1, 0.15) is 0 Å². The van der Waals surface area contributed by atoms with Crippen LogP contribution < -0.4 is 0 Å². The minimum absolute atomic E-state index is 1.12. The third kappa shape index (κ3) is 8.70. The lowest BCUT2D eigenvalue weighted by Gasteiger charge is -2.02. The molecule has 3 heteroatoms. The molecule has 66 valence electrons. The van der Waals surface area contributed by atoms with E-state index < -0.39 is 0 Å². The predicted molar refractivity (Wildman–Crippen MR) is 63.2 cm³/mol. The molecule has 0 bridgehead atoms. The summed E-state index contributed by atoms with van der Waals surface area (Å²) in [7, 11) is 0. The highest BCUT2D eigenvalue weighted by Crippen LogP contribution is 2.11. The summed E-state index contributed by atoms with van der Waals surface area (Å²) in [5, 5.41) is 0. The Kier molecular flexibility index (Phi) is 9.52. The first kappa shape index (κ1) is 11.8. The molecule has 0 rings (SSSR count). The van der Waals surface area contributed by atoms with E-state index in [1.807, 2.05) is 35.3 Å². The van der Waals surface area contributed by atoms with Gasteiger partial charge in [-0.3, -0.25) is 0 Å². The second kappa shape index (κ2) is 8.88. The fourth-order valence-electron chi connectivity index (χ4n) is 0.605. The van der Waals surface area contributed by atoms with Crippen molar-refractivity contribution in [1.82, 2.24) is 0 Å². The van der Waals surface area contributed by atoms with E-state index in [1.165, 1.54) is 17.1 Å². The normalized spacial score (nSPS) is 10.0. The molecular formula is C8H16S3. The van der Waals surface area contributed by atoms with Crippen LogP contribution in [-0.4, -0.2) is 35.5 Å². The average molecular weight is 208 g/mol. The molecule has 0 aromatic heterocycles. The van der Waals surface area contributed by atoms with Gasteiger partial charge >= 0.3 is 0 Å². The van der Waals surface area contributed by atoms with Gasteiger partial charge in [-0.1, -0.05) is 12.2 Å². The molecule has 0 aliphatic rings. The molecule has 0 radical (unpaired) electrons. The van der Waals surface area contributed by atoms with E-state index in [0.717, 1.165) is 11.5 Å². The smallest absolute Gasteiger partial charge is 0.0149 e. The van der Waals surface area contributed by atoms with Gasteiger partial charge in [0.25, 0.3) is 0 Å². The zero-order chi connectivity index (χ0) is 8.53. The van der Waals surface area contributed by atoms with Crippen LogP contribution in [0.25, 0.3) is 0 Å². The fourth-order valence-corrected chi connectivity index (χ4v) is 2.92. The lowest BCUT2D eigenvalue weighted by atomic mass is 10.4. The van der Waals surface area contributed by atoms with E-state index in [2.05, 4.69) is 19.1 Å². The predicted octanol–water partition coefficient (Wildman–Crippen LogP) is 3.00. The van der Waals surface area contributed by atoms with Gasteiger partial charge in [-0.15, -0.1) is 0 Å². The third-order valence-electron chi connectivity index (χ3n) is 1.09. The Morgan fingerprint density at radius 3 is 2.36 bits per heavy atom.